The Balaban J connectivity index is 1.88. The maximum absolute atomic E-state index is 12.8. The normalized spacial score (nSPS) is 18.7. The molecule has 9 heteroatoms. The molecule has 1 fully saturated rings. The quantitative estimate of drug-likeness (QED) is 0.711. The van der Waals surface area contributed by atoms with Crippen molar-refractivity contribution in [1.82, 2.24) is 4.90 Å². The van der Waals surface area contributed by atoms with Gasteiger partial charge in [0.05, 0.1) is 32.2 Å². The van der Waals surface area contributed by atoms with Crippen molar-refractivity contribution in [2.75, 3.05) is 18.6 Å². The Morgan fingerprint density at radius 1 is 1.18 bits per heavy atom. The number of nitrogens with zero attached hydrogens (tertiary/aromatic N) is 1. The van der Waals surface area contributed by atoms with Gasteiger partial charge in [-0.3, -0.25) is 4.79 Å². The summed E-state index contributed by atoms with van der Waals surface area (Å²) in [6.07, 6.45) is 0.0600. The van der Waals surface area contributed by atoms with Crippen molar-refractivity contribution in [3.63, 3.8) is 0 Å². The molecule has 28 heavy (non-hydrogen) atoms. The van der Waals surface area contributed by atoms with Gasteiger partial charge in [-0.25, -0.2) is 16.8 Å². The Morgan fingerprint density at radius 2 is 1.86 bits per heavy atom. The lowest BCUT2D eigenvalue weighted by Gasteiger charge is -2.19. The Hall–Kier alpha value is -1.90. The first-order chi connectivity index (χ1) is 13.1. The first-order valence-corrected chi connectivity index (χ1v) is 12.4. The largest absolute Gasteiger partial charge is 0.337 e. The van der Waals surface area contributed by atoms with Gasteiger partial charge >= 0.3 is 0 Å². The molecule has 1 saturated heterocycles. The molecule has 1 unspecified atom stereocenters. The molecular formula is C19H20ClNO5S2. The van der Waals surface area contributed by atoms with Crippen molar-refractivity contribution >= 4 is 37.2 Å². The number of amides is 1. The van der Waals surface area contributed by atoms with Gasteiger partial charge in [0.1, 0.15) is 0 Å². The van der Waals surface area contributed by atoms with Crippen molar-refractivity contribution in [2.45, 2.75) is 23.1 Å². The third kappa shape index (κ3) is 4.39. The SMILES string of the molecule is CN(Cc1ccccc1)C(=O)c1cc(S(=O)(=O)C2CCS(=O)(=O)C2)ccc1Cl. The van der Waals surface area contributed by atoms with Crippen LogP contribution in [0, 0.1) is 0 Å². The molecule has 6 nitrogen and oxygen atoms in total. The van der Waals surface area contributed by atoms with Crippen LogP contribution in [0.25, 0.3) is 0 Å². The molecule has 0 bridgehead atoms. The second-order valence-corrected chi connectivity index (χ2v) is 11.7. The van der Waals surface area contributed by atoms with Gasteiger partial charge in [-0.2, -0.15) is 0 Å². The van der Waals surface area contributed by atoms with Gasteiger partial charge in [0.15, 0.2) is 19.7 Å². The highest BCUT2D eigenvalue weighted by Gasteiger charge is 2.38. The summed E-state index contributed by atoms with van der Waals surface area (Å²) in [7, 11) is -5.62. The summed E-state index contributed by atoms with van der Waals surface area (Å²) in [6, 6.07) is 13.3. The number of halogens is 1. The second-order valence-electron chi connectivity index (χ2n) is 6.86. The Bertz CT molecular complexity index is 1100. The zero-order valence-corrected chi connectivity index (χ0v) is 17.6. The summed E-state index contributed by atoms with van der Waals surface area (Å²) in [4.78, 5) is 14.2. The summed E-state index contributed by atoms with van der Waals surface area (Å²) >= 11 is 6.16. The highest BCUT2D eigenvalue weighted by Crippen LogP contribution is 2.28. The van der Waals surface area contributed by atoms with E-state index in [4.69, 9.17) is 11.6 Å². The summed E-state index contributed by atoms with van der Waals surface area (Å²) in [5, 5.41) is -0.855. The van der Waals surface area contributed by atoms with Crippen LogP contribution < -0.4 is 0 Å². The minimum absolute atomic E-state index is 0.0600. The molecule has 0 spiro atoms. The monoisotopic (exact) mass is 441 g/mol. The molecule has 0 aromatic heterocycles. The van der Waals surface area contributed by atoms with Gasteiger partial charge in [-0.05, 0) is 30.2 Å². The number of hydrogen-bond acceptors (Lipinski definition) is 5. The maximum atomic E-state index is 12.8. The van der Waals surface area contributed by atoms with Crippen LogP contribution in [0.4, 0.5) is 0 Å². The third-order valence-electron chi connectivity index (χ3n) is 4.74. The zero-order chi connectivity index (χ0) is 20.5. The number of benzene rings is 2. The highest BCUT2D eigenvalue weighted by molar-refractivity contribution is 7.96. The molecule has 150 valence electrons. The molecule has 2 aromatic carbocycles. The minimum Gasteiger partial charge on any atom is -0.337 e. The fraction of sp³-hybridized carbons (Fsp3) is 0.316. The molecule has 1 amide bonds. The van der Waals surface area contributed by atoms with Crippen LogP contribution in [0.15, 0.2) is 53.4 Å². The van der Waals surface area contributed by atoms with E-state index < -0.39 is 36.6 Å². The van der Waals surface area contributed by atoms with E-state index in [1.165, 1.54) is 23.1 Å². The number of sulfone groups is 2. The number of rotatable bonds is 5. The van der Waals surface area contributed by atoms with E-state index in [0.717, 1.165) is 5.56 Å². The maximum Gasteiger partial charge on any atom is 0.255 e. The zero-order valence-electron chi connectivity index (χ0n) is 15.2. The van der Waals surface area contributed by atoms with Crippen molar-refractivity contribution in [2.24, 2.45) is 0 Å². The van der Waals surface area contributed by atoms with Crippen molar-refractivity contribution in [3.8, 4) is 0 Å². The standard InChI is InChI=1S/C19H20ClNO5S2/c1-21(12-14-5-3-2-4-6-14)19(22)17-11-15(7-8-18(17)20)28(25,26)16-9-10-27(23,24)13-16/h2-8,11,16H,9-10,12-13H2,1H3. The molecule has 1 aliphatic heterocycles. The summed E-state index contributed by atoms with van der Waals surface area (Å²) in [5.41, 5.74) is 0.997. The second kappa shape index (κ2) is 7.85. The van der Waals surface area contributed by atoms with Gasteiger partial charge in [0, 0.05) is 13.6 Å². The van der Waals surface area contributed by atoms with E-state index in [1.54, 1.807) is 7.05 Å². The predicted octanol–water partition coefficient (Wildman–Crippen LogP) is 2.57. The lowest BCUT2D eigenvalue weighted by Crippen LogP contribution is -2.27. The molecule has 1 atom stereocenters. The average molecular weight is 442 g/mol. The van der Waals surface area contributed by atoms with E-state index in [9.17, 15) is 21.6 Å². The van der Waals surface area contributed by atoms with Crippen molar-refractivity contribution < 1.29 is 21.6 Å². The fourth-order valence-corrected chi connectivity index (χ4v) is 7.76. The molecule has 2 aromatic rings. The van der Waals surface area contributed by atoms with Gasteiger partial charge < -0.3 is 4.90 Å². The third-order valence-corrected chi connectivity index (χ3v) is 9.24. The Morgan fingerprint density at radius 3 is 2.46 bits per heavy atom. The molecule has 0 radical (unpaired) electrons. The number of carbonyl (C=O) groups excluding carboxylic acids is 1. The van der Waals surface area contributed by atoms with Crippen LogP contribution in [-0.2, 0) is 26.2 Å². The minimum atomic E-state index is -3.88. The summed E-state index contributed by atoms with van der Waals surface area (Å²) in [5.74, 6) is -0.949. The molecular weight excluding hydrogens is 422 g/mol. The van der Waals surface area contributed by atoms with Crippen LogP contribution in [0.3, 0.4) is 0 Å². The van der Waals surface area contributed by atoms with Gasteiger partial charge in [-0.1, -0.05) is 41.9 Å². The molecule has 3 rings (SSSR count). The van der Waals surface area contributed by atoms with Crippen LogP contribution in [0.5, 0.6) is 0 Å². The smallest absolute Gasteiger partial charge is 0.255 e. The molecule has 0 N–H and O–H groups in total. The lowest BCUT2D eigenvalue weighted by atomic mass is 10.1. The van der Waals surface area contributed by atoms with Gasteiger partial charge in [0.25, 0.3) is 5.91 Å². The Labute approximate surface area is 170 Å². The van der Waals surface area contributed by atoms with Crippen LogP contribution in [0.1, 0.15) is 22.3 Å². The van der Waals surface area contributed by atoms with Crippen LogP contribution in [-0.4, -0.2) is 51.4 Å². The van der Waals surface area contributed by atoms with E-state index in [2.05, 4.69) is 0 Å². The first-order valence-electron chi connectivity index (χ1n) is 8.63. The summed E-state index contributed by atoms with van der Waals surface area (Å²) in [6.45, 7) is 0.341. The van der Waals surface area contributed by atoms with Gasteiger partial charge in [-0.15, -0.1) is 0 Å². The highest BCUT2D eigenvalue weighted by atomic mass is 35.5. The molecule has 0 aliphatic carbocycles. The van der Waals surface area contributed by atoms with E-state index in [-0.39, 0.29) is 27.7 Å². The van der Waals surface area contributed by atoms with E-state index >= 15 is 0 Å². The lowest BCUT2D eigenvalue weighted by molar-refractivity contribution is 0.0785. The predicted molar refractivity (Wildman–Crippen MR) is 108 cm³/mol. The number of carbonyl (C=O) groups is 1. The van der Waals surface area contributed by atoms with Crippen molar-refractivity contribution in [3.05, 3.63) is 64.7 Å². The first kappa shape index (κ1) is 20.8. The Kier molecular flexibility index (Phi) is 5.84. The topological polar surface area (TPSA) is 88.6 Å². The summed E-state index contributed by atoms with van der Waals surface area (Å²) < 4.78 is 49.0. The van der Waals surface area contributed by atoms with E-state index in [0.29, 0.717) is 6.54 Å². The fourth-order valence-electron chi connectivity index (χ4n) is 3.18. The van der Waals surface area contributed by atoms with Crippen molar-refractivity contribution in [1.29, 1.82) is 0 Å². The van der Waals surface area contributed by atoms with Gasteiger partial charge in [0.2, 0.25) is 0 Å². The molecule has 1 aliphatic rings. The molecule has 0 saturated carbocycles. The molecule has 1 heterocycles. The van der Waals surface area contributed by atoms with E-state index in [1.807, 2.05) is 30.3 Å². The number of hydrogen-bond donors (Lipinski definition) is 0. The van der Waals surface area contributed by atoms with Crippen LogP contribution in [0.2, 0.25) is 5.02 Å². The van der Waals surface area contributed by atoms with Crippen LogP contribution >= 0.6 is 11.6 Å². The average Bonchev–Trinajstić information content (AvgIpc) is 3.03.